The smallest absolute Gasteiger partial charge is 0.368 e. The van der Waals surface area contributed by atoms with Crippen molar-refractivity contribution in [2.75, 3.05) is 11.9 Å². The number of aromatic nitrogens is 7. The molecule has 6 rings (SSSR count). The molecule has 2 atom stereocenters. The van der Waals surface area contributed by atoms with Crippen LogP contribution in [-0.4, -0.2) is 47.1 Å². The molecule has 0 spiro atoms. The van der Waals surface area contributed by atoms with Gasteiger partial charge in [-0.05, 0) is 54.7 Å². The summed E-state index contributed by atoms with van der Waals surface area (Å²) in [4.78, 5) is 33.1. The fourth-order valence-electron chi connectivity index (χ4n) is 5.87. The quantitative estimate of drug-likeness (QED) is 0.251. The number of aromatic amines is 1. The highest BCUT2D eigenvalue weighted by molar-refractivity contribution is 5.88. The Morgan fingerprint density at radius 3 is 2.68 bits per heavy atom. The summed E-state index contributed by atoms with van der Waals surface area (Å²) in [6, 6.07) is 3.96. The summed E-state index contributed by atoms with van der Waals surface area (Å²) in [7, 11) is 0. The number of pyridine rings is 1. The Hall–Kier alpha value is -3.70. The minimum absolute atomic E-state index is 0.0934. The molecule has 10 nitrogen and oxygen atoms in total. The summed E-state index contributed by atoms with van der Waals surface area (Å²) in [6.07, 6.45) is 7.42. The van der Waals surface area contributed by atoms with Crippen LogP contribution in [0.2, 0.25) is 0 Å². The second-order valence-electron chi connectivity index (χ2n) is 12.0. The van der Waals surface area contributed by atoms with Gasteiger partial charge in [-0.25, -0.2) is 28.5 Å². The van der Waals surface area contributed by atoms with E-state index >= 15 is 0 Å². The molecule has 0 aliphatic heterocycles. The molecule has 0 saturated heterocycles. The van der Waals surface area contributed by atoms with Gasteiger partial charge in [0, 0.05) is 31.6 Å². The molecule has 4 aromatic heterocycles. The number of anilines is 1. The van der Waals surface area contributed by atoms with E-state index in [0.717, 1.165) is 12.0 Å². The number of alkyl halides is 2. The maximum Gasteiger partial charge on any atom is 0.439 e. The maximum absolute atomic E-state index is 14.8. The number of halogens is 2. The average Bonchev–Trinajstić information content (AvgIpc) is 3.51. The van der Waals surface area contributed by atoms with Gasteiger partial charge >= 0.3 is 5.76 Å². The van der Waals surface area contributed by atoms with Crippen molar-refractivity contribution in [3.63, 3.8) is 0 Å². The van der Waals surface area contributed by atoms with Crippen molar-refractivity contribution in [1.29, 1.82) is 0 Å². The van der Waals surface area contributed by atoms with Gasteiger partial charge in [0.25, 0.3) is 5.92 Å². The Morgan fingerprint density at radius 1 is 1.17 bits per heavy atom. The Labute approximate surface area is 236 Å². The number of imidazole rings is 1. The molecule has 2 N–H and O–H groups in total. The van der Waals surface area contributed by atoms with E-state index < -0.39 is 17.6 Å². The average molecular weight is 567 g/mol. The van der Waals surface area contributed by atoms with Crippen LogP contribution in [0.5, 0.6) is 0 Å². The number of fused-ring (bicyclic) bond motifs is 1. The minimum atomic E-state index is -2.72. The van der Waals surface area contributed by atoms with Gasteiger partial charge in [0.2, 0.25) is 11.6 Å². The van der Waals surface area contributed by atoms with Crippen LogP contribution in [0.3, 0.4) is 0 Å². The van der Waals surface area contributed by atoms with E-state index in [1.807, 2.05) is 16.7 Å². The predicted molar refractivity (Wildman–Crippen MR) is 151 cm³/mol. The standard InChI is InChI=1S/C29H36F2N8O2/c1-16(2)20-10-12-32-21(13-20)27-36-24-22(39(27)15-19-8-7-17(3)29(30,31)14-19)23(33-11-9-18-5-4-6-18)34-25(35-24)26-37-28(40)41-38-26/h10,12-13,16-19H,4-9,11,14-15H2,1-3H3,(H,33,34,35)(H,37,38,40)/t17-,19-/m1/s1. The predicted octanol–water partition coefficient (Wildman–Crippen LogP) is 6.03. The Kier molecular flexibility index (Phi) is 7.33. The topological polar surface area (TPSA) is 127 Å². The van der Waals surface area contributed by atoms with Crippen molar-refractivity contribution in [2.45, 2.75) is 84.1 Å². The summed E-state index contributed by atoms with van der Waals surface area (Å²) in [5.41, 5.74) is 2.73. The van der Waals surface area contributed by atoms with Gasteiger partial charge in [0.15, 0.2) is 17.3 Å². The third-order valence-electron chi connectivity index (χ3n) is 8.74. The molecule has 0 unspecified atom stereocenters. The zero-order valence-corrected chi connectivity index (χ0v) is 23.7. The fourth-order valence-corrected chi connectivity index (χ4v) is 5.87. The van der Waals surface area contributed by atoms with Crippen molar-refractivity contribution < 1.29 is 13.3 Å². The molecule has 2 fully saturated rings. The molecule has 2 saturated carbocycles. The summed E-state index contributed by atoms with van der Waals surface area (Å²) in [5, 5.41) is 7.24. The normalized spacial score (nSPS) is 20.9. The van der Waals surface area contributed by atoms with Gasteiger partial charge in [-0.2, -0.15) is 0 Å². The molecule has 0 aromatic carbocycles. The number of H-pyrrole nitrogens is 1. The van der Waals surface area contributed by atoms with Crippen LogP contribution in [0.1, 0.15) is 77.2 Å². The summed E-state index contributed by atoms with van der Waals surface area (Å²) in [6.45, 7) is 6.86. The molecule has 41 heavy (non-hydrogen) atoms. The van der Waals surface area contributed by atoms with E-state index in [1.165, 1.54) is 19.3 Å². The van der Waals surface area contributed by atoms with Crippen LogP contribution in [0, 0.1) is 17.8 Å². The highest BCUT2D eigenvalue weighted by Gasteiger charge is 2.42. The summed E-state index contributed by atoms with van der Waals surface area (Å²) >= 11 is 0. The van der Waals surface area contributed by atoms with Crippen LogP contribution in [0.15, 0.2) is 27.6 Å². The van der Waals surface area contributed by atoms with E-state index in [-0.39, 0.29) is 29.9 Å². The first kappa shape index (κ1) is 27.5. The molecule has 218 valence electrons. The zero-order valence-electron chi connectivity index (χ0n) is 23.7. The number of hydrogen-bond acceptors (Lipinski definition) is 8. The van der Waals surface area contributed by atoms with Crippen LogP contribution in [0.4, 0.5) is 14.6 Å². The number of nitrogens with one attached hydrogen (secondary N) is 2. The first-order chi connectivity index (χ1) is 19.7. The van der Waals surface area contributed by atoms with Crippen LogP contribution in [-0.2, 0) is 6.54 Å². The third-order valence-corrected chi connectivity index (χ3v) is 8.74. The second-order valence-corrected chi connectivity index (χ2v) is 12.0. The second kappa shape index (κ2) is 10.9. The summed E-state index contributed by atoms with van der Waals surface area (Å²) in [5.74, 6) is -2.05. The fraction of sp³-hybridized carbons (Fsp3) is 0.586. The molecule has 4 aromatic rings. The molecular formula is C29H36F2N8O2. The van der Waals surface area contributed by atoms with Gasteiger partial charge < -0.3 is 9.88 Å². The molecule has 0 bridgehead atoms. The van der Waals surface area contributed by atoms with Gasteiger partial charge in [0.1, 0.15) is 11.2 Å². The summed E-state index contributed by atoms with van der Waals surface area (Å²) < 4.78 is 36.3. The molecule has 12 heteroatoms. The molecular weight excluding hydrogens is 530 g/mol. The van der Waals surface area contributed by atoms with Crippen molar-refractivity contribution >= 4 is 17.0 Å². The Balaban J connectivity index is 1.48. The van der Waals surface area contributed by atoms with E-state index in [4.69, 9.17) is 14.5 Å². The molecule has 0 amide bonds. The van der Waals surface area contributed by atoms with Gasteiger partial charge in [-0.1, -0.05) is 45.2 Å². The lowest BCUT2D eigenvalue weighted by Gasteiger charge is -2.34. The van der Waals surface area contributed by atoms with Crippen molar-refractivity contribution in [3.8, 4) is 23.2 Å². The lowest BCUT2D eigenvalue weighted by molar-refractivity contribution is -0.0970. The van der Waals surface area contributed by atoms with Gasteiger partial charge in [-0.15, -0.1) is 0 Å². The van der Waals surface area contributed by atoms with Crippen molar-refractivity contribution in [1.82, 2.24) is 34.6 Å². The van der Waals surface area contributed by atoms with E-state index in [0.29, 0.717) is 60.3 Å². The van der Waals surface area contributed by atoms with Crippen molar-refractivity contribution in [3.05, 3.63) is 34.4 Å². The molecule has 2 aliphatic rings. The van der Waals surface area contributed by atoms with Gasteiger partial charge in [0.05, 0.1) is 0 Å². The van der Waals surface area contributed by atoms with Crippen LogP contribution < -0.4 is 11.1 Å². The van der Waals surface area contributed by atoms with Gasteiger partial charge in [-0.3, -0.25) is 14.5 Å². The SMILES string of the molecule is CC(C)c1ccnc(-c2nc3nc(-c4noc(=O)[nH]4)nc(NCCC4CCC4)c3n2C[C@@H]2CC[C@@H](C)C(F)(F)C2)c1. The maximum atomic E-state index is 14.8. The number of hydrogen-bond donors (Lipinski definition) is 2. The minimum Gasteiger partial charge on any atom is -0.368 e. The monoisotopic (exact) mass is 566 g/mol. The number of rotatable bonds is 9. The first-order valence-electron chi connectivity index (χ1n) is 14.6. The Bertz CT molecular complexity index is 1590. The lowest BCUT2D eigenvalue weighted by atomic mass is 9.80. The first-order valence-corrected chi connectivity index (χ1v) is 14.6. The Morgan fingerprint density at radius 2 is 2.00 bits per heavy atom. The van der Waals surface area contributed by atoms with E-state index in [9.17, 15) is 13.6 Å². The van der Waals surface area contributed by atoms with E-state index in [2.05, 4.69) is 39.3 Å². The van der Waals surface area contributed by atoms with E-state index in [1.54, 1.807) is 13.1 Å². The third kappa shape index (κ3) is 5.60. The van der Waals surface area contributed by atoms with Crippen molar-refractivity contribution in [2.24, 2.45) is 17.8 Å². The molecule has 4 heterocycles. The lowest BCUT2D eigenvalue weighted by Crippen LogP contribution is -2.35. The highest BCUT2D eigenvalue weighted by Crippen LogP contribution is 2.42. The molecule has 2 aliphatic carbocycles. The molecule has 0 radical (unpaired) electrons. The highest BCUT2D eigenvalue weighted by atomic mass is 19.3. The zero-order chi connectivity index (χ0) is 28.7. The van der Waals surface area contributed by atoms with Crippen LogP contribution in [0.25, 0.3) is 34.3 Å². The largest absolute Gasteiger partial charge is 0.439 e. The van der Waals surface area contributed by atoms with Crippen LogP contribution >= 0.6 is 0 Å². The number of nitrogens with zero attached hydrogens (tertiary/aromatic N) is 6.